The average molecular weight is 290 g/mol. The van der Waals surface area contributed by atoms with Gasteiger partial charge in [-0.2, -0.15) is 0 Å². The Bertz CT molecular complexity index is 422. The number of carbonyl (C=O) groups excluding carboxylic acids is 2. The number of amides is 3. The van der Waals surface area contributed by atoms with Gasteiger partial charge >= 0.3 is 6.03 Å². The van der Waals surface area contributed by atoms with Crippen molar-refractivity contribution < 1.29 is 9.59 Å². The first-order valence-electron chi connectivity index (χ1n) is 5.59. The second-order valence-corrected chi connectivity index (χ2v) is 5.39. The van der Waals surface area contributed by atoms with Crippen LogP contribution in [0, 0.1) is 0 Å². The molecular formula is C11H16ClN3O2S. The van der Waals surface area contributed by atoms with E-state index in [0.29, 0.717) is 10.9 Å². The summed E-state index contributed by atoms with van der Waals surface area (Å²) >= 11 is 7.23. The number of urea groups is 1. The van der Waals surface area contributed by atoms with Gasteiger partial charge in [0, 0.05) is 11.4 Å². The van der Waals surface area contributed by atoms with Crippen molar-refractivity contribution in [3.63, 3.8) is 0 Å². The Kier molecular flexibility index (Phi) is 5.94. The highest BCUT2D eigenvalue weighted by molar-refractivity contribution is 7.16. The highest BCUT2D eigenvalue weighted by atomic mass is 35.5. The van der Waals surface area contributed by atoms with Crippen molar-refractivity contribution in [3.05, 3.63) is 21.3 Å². The summed E-state index contributed by atoms with van der Waals surface area (Å²) in [6.07, 6.45) is 0. The van der Waals surface area contributed by atoms with Gasteiger partial charge in [-0.25, -0.2) is 4.79 Å². The fraction of sp³-hybridized carbons (Fsp3) is 0.455. The summed E-state index contributed by atoms with van der Waals surface area (Å²) in [7, 11) is 0. The SMILES string of the molecule is CCNC(=O)CNC(=O)NC(C)c1ccc(Cl)s1. The van der Waals surface area contributed by atoms with Gasteiger partial charge < -0.3 is 16.0 Å². The molecule has 0 saturated carbocycles. The number of carbonyl (C=O) groups is 2. The van der Waals surface area contributed by atoms with Crippen LogP contribution < -0.4 is 16.0 Å². The molecule has 0 spiro atoms. The molecule has 18 heavy (non-hydrogen) atoms. The average Bonchev–Trinajstić information content (AvgIpc) is 2.74. The van der Waals surface area contributed by atoms with Crippen molar-refractivity contribution in [3.8, 4) is 0 Å². The van der Waals surface area contributed by atoms with Crippen molar-refractivity contribution in [2.45, 2.75) is 19.9 Å². The molecule has 1 atom stereocenters. The number of hydrogen-bond donors (Lipinski definition) is 3. The van der Waals surface area contributed by atoms with Gasteiger partial charge in [0.25, 0.3) is 0 Å². The molecule has 1 aromatic rings. The minimum absolute atomic E-state index is 0.0302. The van der Waals surface area contributed by atoms with E-state index in [0.717, 1.165) is 4.88 Å². The summed E-state index contributed by atoms with van der Waals surface area (Å²) in [4.78, 5) is 23.6. The lowest BCUT2D eigenvalue weighted by molar-refractivity contribution is -0.119. The van der Waals surface area contributed by atoms with Crippen molar-refractivity contribution >= 4 is 34.9 Å². The van der Waals surface area contributed by atoms with Gasteiger partial charge in [0.05, 0.1) is 16.9 Å². The van der Waals surface area contributed by atoms with Crippen molar-refractivity contribution in [2.24, 2.45) is 0 Å². The van der Waals surface area contributed by atoms with E-state index in [1.165, 1.54) is 11.3 Å². The molecule has 1 heterocycles. The van der Waals surface area contributed by atoms with Crippen LogP contribution in [0.5, 0.6) is 0 Å². The first kappa shape index (κ1) is 14.8. The van der Waals surface area contributed by atoms with Crippen LogP contribution in [0.15, 0.2) is 12.1 Å². The van der Waals surface area contributed by atoms with Crippen LogP contribution in [0.3, 0.4) is 0 Å². The van der Waals surface area contributed by atoms with E-state index < -0.39 is 0 Å². The third kappa shape index (κ3) is 4.93. The molecule has 3 N–H and O–H groups in total. The quantitative estimate of drug-likeness (QED) is 0.775. The first-order chi connectivity index (χ1) is 8.52. The zero-order valence-corrected chi connectivity index (χ0v) is 11.8. The van der Waals surface area contributed by atoms with Crippen LogP contribution >= 0.6 is 22.9 Å². The van der Waals surface area contributed by atoms with Crippen molar-refractivity contribution in [2.75, 3.05) is 13.1 Å². The topological polar surface area (TPSA) is 70.2 Å². The molecule has 1 rings (SSSR count). The maximum absolute atomic E-state index is 11.5. The maximum atomic E-state index is 11.5. The molecule has 3 amide bonds. The summed E-state index contributed by atoms with van der Waals surface area (Å²) in [5.74, 6) is -0.209. The number of nitrogens with one attached hydrogen (secondary N) is 3. The van der Waals surface area contributed by atoms with Crippen LogP contribution in [0.1, 0.15) is 24.8 Å². The van der Waals surface area contributed by atoms with E-state index in [9.17, 15) is 9.59 Å². The summed E-state index contributed by atoms with van der Waals surface area (Å²) in [6.45, 7) is 4.19. The number of rotatable bonds is 5. The largest absolute Gasteiger partial charge is 0.355 e. The Labute approximate surface area is 115 Å². The summed E-state index contributed by atoms with van der Waals surface area (Å²) in [6, 6.07) is 3.13. The van der Waals surface area contributed by atoms with E-state index >= 15 is 0 Å². The lowest BCUT2D eigenvalue weighted by atomic mass is 10.3. The van der Waals surface area contributed by atoms with Crippen LogP contribution in [0.2, 0.25) is 4.34 Å². The van der Waals surface area contributed by atoms with Crippen molar-refractivity contribution in [1.82, 2.24) is 16.0 Å². The van der Waals surface area contributed by atoms with Gasteiger partial charge in [-0.15, -0.1) is 11.3 Å². The first-order valence-corrected chi connectivity index (χ1v) is 6.78. The van der Waals surface area contributed by atoms with Crippen LogP contribution in [0.4, 0.5) is 4.79 Å². The molecule has 0 aliphatic carbocycles. The summed E-state index contributed by atoms with van der Waals surface area (Å²) in [5.41, 5.74) is 0. The normalized spacial score (nSPS) is 11.7. The molecule has 0 radical (unpaired) electrons. The third-order valence-corrected chi connectivity index (χ3v) is 3.57. The zero-order chi connectivity index (χ0) is 13.5. The fourth-order valence-electron chi connectivity index (χ4n) is 1.30. The molecule has 7 heteroatoms. The van der Waals surface area contributed by atoms with E-state index in [4.69, 9.17) is 11.6 Å². The highest BCUT2D eigenvalue weighted by Crippen LogP contribution is 2.26. The van der Waals surface area contributed by atoms with Gasteiger partial charge in [-0.05, 0) is 26.0 Å². The predicted molar refractivity (Wildman–Crippen MR) is 73.0 cm³/mol. The summed E-state index contributed by atoms with van der Waals surface area (Å²) in [5, 5.41) is 7.81. The molecule has 1 aromatic heterocycles. The number of likely N-dealkylation sites (N-methyl/N-ethyl adjacent to an activating group) is 1. The molecule has 5 nitrogen and oxygen atoms in total. The predicted octanol–water partition coefficient (Wildman–Crippen LogP) is 1.90. The second-order valence-electron chi connectivity index (χ2n) is 3.64. The van der Waals surface area contributed by atoms with Gasteiger partial charge in [0.2, 0.25) is 5.91 Å². The van der Waals surface area contributed by atoms with E-state index in [2.05, 4.69) is 16.0 Å². The molecule has 0 aliphatic heterocycles. The Morgan fingerprint density at radius 3 is 2.67 bits per heavy atom. The Hall–Kier alpha value is -1.27. The third-order valence-electron chi connectivity index (χ3n) is 2.15. The van der Waals surface area contributed by atoms with Gasteiger partial charge in [-0.1, -0.05) is 11.6 Å². The molecular weight excluding hydrogens is 274 g/mol. The van der Waals surface area contributed by atoms with Gasteiger partial charge in [-0.3, -0.25) is 4.79 Å². The maximum Gasteiger partial charge on any atom is 0.315 e. The number of thiophene rings is 1. The Balaban J connectivity index is 2.34. The van der Waals surface area contributed by atoms with Crippen LogP contribution in [-0.2, 0) is 4.79 Å². The molecule has 1 unspecified atom stereocenters. The van der Waals surface area contributed by atoms with Crippen LogP contribution in [-0.4, -0.2) is 25.0 Å². The minimum atomic E-state index is -0.377. The lowest BCUT2D eigenvalue weighted by Crippen LogP contribution is -2.42. The highest BCUT2D eigenvalue weighted by Gasteiger charge is 2.11. The monoisotopic (exact) mass is 289 g/mol. The van der Waals surface area contributed by atoms with Gasteiger partial charge in [0.1, 0.15) is 0 Å². The molecule has 0 bridgehead atoms. The number of hydrogen-bond acceptors (Lipinski definition) is 3. The molecule has 100 valence electrons. The summed E-state index contributed by atoms with van der Waals surface area (Å²) < 4.78 is 0.682. The smallest absolute Gasteiger partial charge is 0.315 e. The van der Waals surface area contributed by atoms with E-state index in [1.807, 2.05) is 19.9 Å². The number of halogens is 1. The van der Waals surface area contributed by atoms with Crippen LogP contribution in [0.25, 0.3) is 0 Å². The fourth-order valence-corrected chi connectivity index (χ4v) is 2.36. The zero-order valence-electron chi connectivity index (χ0n) is 10.2. The molecule has 0 aliphatic rings. The molecule has 0 fully saturated rings. The molecule has 0 aromatic carbocycles. The standard InChI is InChI=1S/C11H16ClN3O2S/c1-3-13-10(16)6-14-11(17)15-7(2)8-4-5-9(12)18-8/h4-5,7H,3,6H2,1-2H3,(H,13,16)(H2,14,15,17). The molecule has 0 saturated heterocycles. The van der Waals surface area contributed by atoms with E-state index in [1.54, 1.807) is 6.07 Å². The minimum Gasteiger partial charge on any atom is -0.355 e. The van der Waals surface area contributed by atoms with Gasteiger partial charge in [0.15, 0.2) is 0 Å². The lowest BCUT2D eigenvalue weighted by Gasteiger charge is -2.12. The Morgan fingerprint density at radius 1 is 1.39 bits per heavy atom. The Morgan fingerprint density at radius 2 is 2.11 bits per heavy atom. The second kappa shape index (κ2) is 7.23. The van der Waals surface area contributed by atoms with Crippen molar-refractivity contribution in [1.29, 1.82) is 0 Å². The van der Waals surface area contributed by atoms with E-state index in [-0.39, 0.29) is 24.5 Å².